The number of alkyl halides is 1. The van der Waals surface area contributed by atoms with Crippen molar-refractivity contribution in [2.45, 2.75) is 38.6 Å². The molecule has 1 N–H and O–H groups in total. The molecule has 2 heterocycles. The van der Waals surface area contributed by atoms with E-state index in [1.165, 1.54) is 24.2 Å². The molecule has 1 fully saturated rings. The zero-order chi connectivity index (χ0) is 17.9. The lowest BCUT2D eigenvalue weighted by molar-refractivity contribution is 0.0273. The van der Waals surface area contributed by atoms with E-state index in [1.54, 1.807) is 26.8 Å². The van der Waals surface area contributed by atoms with Gasteiger partial charge in [0.2, 0.25) is 0 Å². The fourth-order valence-corrected chi connectivity index (χ4v) is 2.21. The van der Waals surface area contributed by atoms with Gasteiger partial charge in [0.15, 0.2) is 6.17 Å². The number of halogens is 1. The first-order valence-corrected chi connectivity index (χ1v) is 7.66. The maximum atomic E-state index is 14.1. The van der Waals surface area contributed by atoms with Crippen LogP contribution in [0.1, 0.15) is 31.3 Å². The van der Waals surface area contributed by atoms with Gasteiger partial charge in [-0.3, -0.25) is 4.79 Å². The van der Waals surface area contributed by atoms with Gasteiger partial charge in [-0.25, -0.2) is 14.2 Å². The Balaban J connectivity index is 1.96. The Hall–Kier alpha value is -2.38. The predicted molar refractivity (Wildman–Crippen MR) is 84.7 cm³/mol. The summed E-state index contributed by atoms with van der Waals surface area (Å²) in [6.07, 6.45) is -1.33. The first kappa shape index (κ1) is 18.0. The van der Waals surface area contributed by atoms with E-state index in [4.69, 9.17) is 9.47 Å². The van der Waals surface area contributed by atoms with Gasteiger partial charge in [0.05, 0.1) is 19.3 Å². The summed E-state index contributed by atoms with van der Waals surface area (Å²) in [5, 5.41) is 2.46. The molecular weight excluding hydrogens is 317 g/mol. The summed E-state index contributed by atoms with van der Waals surface area (Å²) < 4.78 is 24.9. The third-order valence-corrected chi connectivity index (χ3v) is 3.33. The molecule has 1 aliphatic rings. The SMILES string of the molecule is CNC(=O)c1ccc(O[C@@H]2CN(C(=O)OC(C)(C)C)C[C@@H]2F)cn1. The summed E-state index contributed by atoms with van der Waals surface area (Å²) in [7, 11) is 1.51. The van der Waals surface area contributed by atoms with Gasteiger partial charge < -0.3 is 19.7 Å². The van der Waals surface area contributed by atoms with Gasteiger partial charge in [0.1, 0.15) is 23.1 Å². The molecule has 2 atom stereocenters. The molecule has 2 amide bonds. The number of nitrogens with zero attached hydrogens (tertiary/aromatic N) is 2. The van der Waals surface area contributed by atoms with Crippen molar-refractivity contribution < 1.29 is 23.5 Å². The van der Waals surface area contributed by atoms with Crippen LogP contribution < -0.4 is 10.1 Å². The number of aromatic nitrogens is 1. The van der Waals surface area contributed by atoms with Crippen LogP contribution in [-0.2, 0) is 4.74 Å². The molecule has 8 heteroatoms. The van der Waals surface area contributed by atoms with Crippen LogP contribution in [-0.4, -0.2) is 59.9 Å². The van der Waals surface area contributed by atoms with Gasteiger partial charge in [-0.05, 0) is 32.9 Å². The van der Waals surface area contributed by atoms with E-state index in [9.17, 15) is 14.0 Å². The second-order valence-corrected chi connectivity index (χ2v) is 6.52. The first-order valence-electron chi connectivity index (χ1n) is 7.66. The lowest BCUT2D eigenvalue weighted by atomic mass is 10.2. The fraction of sp³-hybridized carbons (Fsp3) is 0.562. The Morgan fingerprint density at radius 3 is 2.58 bits per heavy atom. The number of ether oxygens (including phenoxy) is 2. The predicted octanol–water partition coefficient (Wildman–Crippen LogP) is 1.78. The molecule has 0 unspecified atom stereocenters. The highest BCUT2D eigenvalue weighted by molar-refractivity contribution is 5.91. The van der Waals surface area contributed by atoms with Crippen molar-refractivity contribution in [3.05, 3.63) is 24.0 Å². The molecule has 0 radical (unpaired) electrons. The highest BCUT2D eigenvalue weighted by Gasteiger charge is 2.39. The second-order valence-electron chi connectivity index (χ2n) is 6.52. The topological polar surface area (TPSA) is 80.8 Å². The minimum Gasteiger partial charge on any atom is -0.484 e. The third-order valence-electron chi connectivity index (χ3n) is 3.33. The average Bonchev–Trinajstić information content (AvgIpc) is 2.87. The standard InChI is InChI=1S/C16H22FN3O4/c1-16(2,3)24-15(22)20-8-11(17)13(9-20)23-10-5-6-12(19-7-10)14(21)18-4/h5-7,11,13H,8-9H2,1-4H3,(H,18,21)/t11-,13+/m0/s1. The van der Waals surface area contributed by atoms with E-state index >= 15 is 0 Å². The van der Waals surface area contributed by atoms with Crippen molar-refractivity contribution in [2.24, 2.45) is 0 Å². The molecule has 1 saturated heterocycles. The number of rotatable bonds is 3. The molecule has 0 bridgehead atoms. The molecular formula is C16H22FN3O4. The molecule has 0 aliphatic carbocycles. The number of carbonyl (C=O) groups excluding carboxylic acids is 2. The van der Waals surface area contributed by atoms with E-state index in [-0.39, 0.29) is 24.7 Å². The molecule has 0 aromatic carbocycles. The molecule has 0 spiro atoms. The fourth-order valence-electron chi connectivity index (χ4n) is 2.21. The van der Waals surface area contributed by atoms with Crippen LogP contribution in [0.2, 0.25) is 0 Å². The van der Waals surface area contributed by atoms with Crippen LogP contribution in [0.5, 0.6) is 5.75 Å². The maximum absolute atomic E-state index is 14.1. The number of hydrogen-bond donors (Lipinski definition) is 1. The monoisotopic (exact) mass is 339 g/mol. The van der Waals surface area contributed by atoms with Crippen LogP contribution in [0.15, 0.2) is 18.3 Å². The summed E-state index contributed by atoms with van der Waals surface area (Å²) in [5.41, 5.74) is -0.398. The van der Waals surface area contributed by atoms with Crippen molar-refractivity contribution in [3.8, 4) is 5.75 Å². The highest BCUT2D eigenvalue weighted by Crippen LogP contribution is 2.22. The van der Waals surface area contributed by atoms with E-state index in [0.29, 0.717) is 5.75 Å². The zero-order valence-corrected chi connectivity index (χ0v) is 14.2. The minimum atomic E-state index is -1.32. The van der Waals surface area contributed by atoms with Crippen LogP contribution >= 0.6 is 0 Å². The van der Waals surface area contributed by atoms with Gasteiger partial charge in [0.25, 0.3) is 5.91 Å². The van der Waals surface area contributed by atoms with Gasteiger partial charge in [0, 0.05) is 7.05 Å². The number of amides is 2. The van der Waals surface area contributed by atoms with E-state index in [2.05, 4.69) is 10.3 Å². The molecule has 1 aromatic rings. The summed E-state index contributed by atoms with van der Waals surface area (Å²) in [5.74, 6) is 0.0169. The van der Waals surface area contributed by atoms with Gasteiger partial charge in [-0.15, -0.1) is 0 Å². The summed E-state index contributed by atoms with van der Waals surface area (Å²) >= 11 is 0. The molecule has 1 aromatic heterocycles. The normalized spacial score (nSPS) is 20.6. The van der Waals surface area contributed by atoms with Crippen LogP contribution in [0.3, 0.4) is 0 Å². The summed E-state index contributed by atoms with van der Waals surface area (Å²) in [4.78, 5) is 28.6. The largest absolute Gasteiger partial charge is 0.484 e. The third kappa shape index (κ3) is 4.56. The number of likely N-dealkylation sites (tertiary alicyclic amines) is 1. The number of hydrogen-bond acceptors (Lipinski definition) is 5. The van der Waals surface area contributed by atoms with Crippen molar-refractivity contribution in [1.82, 2.24) is 15.2 Å². The molecule has 0 saturated carbocycles. The van der Waals surface area contributed by atoms with Gasteiger partial charge >= 0.3 is 6.09 Å². The lowest BCUT2D eigenvalue weighted by Crippen LogP contribution is -2.36. The molecule has 7 nitrogen and oxygen atoms in total. The van der Waals surface area contributed by atoms with E-state index < -0.39 is 24.0 Å². The lowest BCUT2D eigenvalue weighted by Gasteiger charge is -2.24. The van der Waals surface area contributed by atoms with Crippen LogP contribution in [0, 0.1) is 0 Å². The van der Waals surface area contributed by atoms with Crippen molar-refractivity contribution in [3.63, 3.8) is 0 Å². The minimum absolute atomic E-state index is 0.0800. The van der Waals surface area contributed by atoms with Crippen LogP contribution in [0.25, 0.3) is 0 Å². The zero-order valence-electron chi connectivity index (χ0n) is 14.2. The number of pyridine rings is 1. The van der Waals surface area contributed by atoms with Crippen molar-refractivity contribution >= 4 is 12.0 Å². The van der Waals surface area contributed by atoms with E-state index in [0.717, 1.165) is 0 Å². The number of nitrogens with one attached hydrogen (secondary N) is 1. The van der Waals surface area contributed by atoms with Crippen molar-refractivity contribution in [1.29, 1.82) is 0 Å². The smallest absolute Gasteiger partial charge is 0.410 e. The first-order chi connectivity index (χ1) is 11.2. The Morgan fingerprint density at radius 2 is 2.04 bits per heavy atom. The van der Waals surface area contributed by atoms with Crippen LogP contribution in [0.4, 0.5) is 9.18 Å². The highest BCUT2D eigenvalue weighted by atomic mass is 19.1. The summed E-state index contributed by atoms with van der Waals surface area (Å²) in [6.45, 7) is 5.27. The average molecular weight is 339 g/mol. The second kappa shape index (κ2) is 7.02. The molecule has 1 aliphatic heterocycles. The number of carbonyl (C=O) groups is 2. The Labute approximate surface area is 140 Å². The molecule has 132 valence electrons. The molecule has 24 heavy (non-hydrogen) atoms. The Bertz CT molecular complexity index is 600. The molecule has 2 rings (SSSR count). The van der Waals surface area contributed by atoms with Gasteiger partial charge in [-0.1, -0.05) is 0 Å². The summed E-state index contributed by atoms with van der Waals surface area (Å²) in [6, 6.07) is 3.03. The van der Waals surface area contributed by atoms with Crippen molar-refractivity contribution in [2.75, 3.05) is 20.1 Å². The Kier molecular flexibility index (Phi) is 5.26. The van der Waals surface area contributed by atoms with Gasteiger partial charge in [-0.2, -0.15) is 0 Å². The quantitative estimate of drug-likeness (QED) is 0.908. The Morgan fingerprint density at radius 1 is 1.33 bits per heavy atom. The maximum Gasteiger partial charge on any atom is 0.410 e. The van der Waals surface area contributed by atoms with E-state index in [1.807, 2.05) is 0 Å².